The molecule has 0 bridgehead atoms. The summed E-state index contributed by atoms with van der Waals surface area (Å²) in [4.78, 5) is 13.2. The van der Waals surface area contributed by atoms with E-state index in [4.69, 9.17) is 17.0 Å². The lowest BCUT2D eigenvalue weighted by atomic mass is 10.1. The number of amides is 1. The van der Waals surface area contributed by atoms with Crippen molar-refractivity contribution in [3.05, 3.63) is 77.4 Å². The van der Waals surface area contributed by atoms with E-state index >= 15 is 0 Å². The highest BCUT2D eigenvalue weighted by molar-refractivity contribution is 8.00. The number of thiocarbonyl (C=S) groups is 1. The van der Waals surface area contributed by atoms with Crippen molar-refractivity contribution in [2.75, 3.05) is 23.1 Å². The van der Waals surface area contributed by atoms with Crippen LogP contribution in [0.4, 0.5) is 47.8 Å². The summed E-state index contributed by atoms with van der Waals surface area (Å²) in [7, 11) is 1.51. The molecule has 1 amide bonds. The molecule has 39 heavy (non-hydrogen) atoms. The largest absolute Gasteiger partial charge is 0.495 e. The first-order valence-corrected chi connectivity index (χ1v) is 12.4. The van der Waals surface area contributed by atoms with Gasteiger partial charge in [-0.05, 0) is 49.0 Å². The summed E-state index contributed by atoms with van der Waals surface area (Å²) in [5.74, 6) is -10.6. The van der Waals surface area contributed by atoms with E-state index in [1.54, 1.807) is 60.8 Å². The van der Waals surface area contributed by atoms with Crippen LogP contribution in [0.1, 0.15) is 18.9 Å². The summed E-state index contributed by atoms with van der Waals surface area (Å²) in [6.45, 7) is 1.56. The Bertz CT molecular complexity index is 1360. The van der Waals surface area contributed by atoms with Crippen LogP contribution < -0.4 is 20.7 Å². The van der Waals surface area contributed by atoms with Gasteiger partial charge in [0.2, 0.25) is 5.91 Å². The Balaban J connectivity index is 1.74. The van der Waals surface area contributed by atoms with Gasteiger partial charge in [-0.3, -0.25) is 4.79 Å². The Labute approximate surface area is 228 Å². The van der Waals surface area contributed by atoms with Crippen LogP contribution in [0.15, 0.2) is 53.4 Å². The molecule has 3 aromatic carbocycles. The number of anilines is 3. The van der Waals surface area contributed by atoms with Gasteiger partial charge in [0.15, 0.2) is 28.4 Å². The van der Waals surface area contributed by atoms with Crippen molar-refractivity contribution >= 4 is 52.1 Å². The highest BCUT2D eigenvalue weighted by Crippen LogP contribution is 2.39. The first-order chi connectivity index (χ1) is 18.4. The molecule has 208 valence electrons. The van der Waals surface area contributed by atoms with Crippen molar-refractivity contribution in [1.82, 2.24) is 0 Å². The molecule has 0 aliphatic carbocycles. The van der Waals surface area contributed by atoms with Crippen molar-refractivity contribution < 1.29 is 40.3 Å². The highest BCUT2D eigenvalue weighted by Gasteiger charge is 2.42. The number of nitrogens with one attached hydrogen (secondary N) is 3. The Morgan fingerprint density at radius 2 is 1.59 bits per heavy atom. The van der Waals surface area contributed by atoms with Gasteiger partial charge in [-0.15, -0.1) is 11.8 Å². The van der Waals surface area contributed by atoms with Crippen LogP contribution in [-0.4, -0.2) is 23.4 Å². The van der Waals surface area contributed by atoms with E-state index in [1.165, 1.54) is 7.11 Å². The smallest absolute Gasteiger partial charge is 0.422 e. The molecule has 14 heteroatoms. The van der Waals surface area contributed by atoms with Crippen LogP contribution in [0.25, 0.3) is 0 Å². The number of rotatable bonds is 8. The fraction of sp³-hybridized carbons (Fsp3) is 0.200. The zero-order chi connectivity index (χ0) is 28.9. The third kappa shape index (κ3) is 7.12. The molecule has 0 radical (unpaired) electrons. The number of alkyl halides is 3. The molecular formula is C25H20F7N3O2S2. The average Bonchev–Trinajstić information content (AvgIpc) is 2.88. The Morgan fingerprint density at radius 1 is 0.949 bits per heavy atom. The molecule has 0 fully saturated rings. The van der Waals surface area contributed by atoms with Crippen LogP contribution in [0, 0.1) is 23.3 Å². The van der Waals surface area contributed by atoms with Gasteiger partial charge in [-0.2, -0.15) is 13.2 Å². The van der Waals surface area contributed by atoms with Gasteiger partial charge >= 0.3 is 6.18 Å². The van der Waals surface area contributed by atoms with Crippen molar-refractivity contribution in [3.63, 3.8) is 0 Å². The van der Waals surface area contributed by atoms with E-state index in [2.05, 4.69) is 10.6 Å². The number of halogens is 7. The molecule has 0 spiro atoms. The molecule has 0 aliphatic rings. The first kappa shape index (κ1) is 30.0. The van der Waals surface area contributed by atoms with Gasteiger partial charge in [-0.1, -0.05) is 25.1 Å². The predicted molar refractivity (Wildman–Crippen MR) is 139 cm³/mol. The minimum absolute atomic E-state index is 0.0940. The molecule has 3 aromatic rings. The van der Waals surface area contributed by atoms with Crippen LogP contribution >= 0.6 is 24.0 Å². The van der Waals surface area contributed by atoms with Gasteiger partial charge in [0.05, 0.1) is 18.0 Å². The maximum Gasteiger partial charge on any atom is 0.422 e. The van der Waals surface area contributed by atoms with Gasteiger partial charge in [0.1, 0.15) is 17.0 Å². The maximum absolute atomic E-state index is 14.2. The van der Waals surface area contributed by atoms with E-state index in [0.29, 0.717) is 22.0 Å². The van der Waals surface area contributed by atoms with E-state index in [9.17, 15) is 35.5 Å². The predicted octanol–water partition coefficient (Wildman–Crippen LogP) is 7.59. The lowest BCUT2D eigenvalue weighted by Crippen LogP contribution is -2.27. The molecule has 0 aliphatic heterocycles. The number of methoxy groups -OCH3 is 1. The lowest BCUT2D eigenvalue weighted by molar-refractivity contribution is -0.143. The number of hydrogen-bond acceptors (Lipinski definition) is 4. The number of benzene rings is 3. The summed E-state index contributed by atoms with van der Waals surface area (Å²) >= 11 is 6.27. The lowest BCUT2D eigenvalue weighted by Gasteiger charge is -2.18. The number of hydrogen-bond donors (Lipinski definition) is 3. The van der Waals surface area contributed by atoms with E-state index < -0.39 is 51.9 Å². The molecule has 0 saturated carbocycles. The van der Waals surface area contributed by atoms with Crippen LogP contribution in [-0.2, 0) is 11.0 Å². The minimum atomic E-state index is -5.69. The minimum Gasteiger partial charge on any atom is -0.495 e. The fourth-order valence-electron chi connectivity index (χ4n) is 3.36. The summed E-state index contributed by atoms with van der Waals surface area (Å²) < 4.78 is 100. The summed E-state index contributed by atoms with van der Waals surface area (Å²) in [5.41, 5.74) is -3.24. The second kappa shape index (κ2) is 12.6. The number of carbonyl (C=O) groups excluding carboxylic acids is 1. The zero-order valence-electron chi connectivity index (χ0n) is 20.2. The molecule has 0 aromatic heterocycles. The summed E-state index contributed by atoms with van der Waals surface area (Å²) in [6, 6.07) is 13.6. The maximum atomic E-state index is 14.2. The first-order valence-electron chi connectivity index (χ1n) is 11.1. The van der Waals surface area contributed by atoms with E-state index in [0.717, 1.165) is 11.8 Å². The fourth-order valence-corrected chi connectivity index (χ4v) is 4.60. The molecular weight excluding hydrogens is 571 g/mol. The molecule has 3 N–H and O–H groups in total. The second-order valence-electron chi connectivity index (χ2n) is 7.81. The Hall–Kier alpha value is -3.52. The average molecular weight is 592 g/mol. The Morgan fingerprint density at radius 3 is 2.18 bits per heavy atom. The SMILES string of the molecule is CCC(Sc1cccc(NC(=S)Nc2ccccc2OC)c1)C(=O)Nc1c(F)c(F)c(C(F)(F)F)c(F)c1F. The summed E-state index contributed by atoms with van der Waals surface area (Å²) in [5, 5.41) is 6.81. The van der Waals surface area contributed by atoms with Crippen molar-refractivity contribution in [3.8, 4) is 5.75 Å². The van der Waals surface area contributed by atoms with Gasteiger partial charge in [0.25, 0.3) is 0 Å². The molecule has 1 atom stereocenters. The summed E-state index contributed by atoms with van der Waals surface area (Å²) in [6.07, 6.45) is -5.60. The molecule has 0 saturated heterocycles. The number of carbonyl (C=O) groups is 1. The molecule has 0 heterocycles. The quantitative estimate of drug-likeness (QED) is 0.109. The highest BCUT2D eigenvalue weighted by atomic mass is 32.2. The standard InChI is InChI=1S/C25H20F7N3O2S2/c1-3-16(23(36)35-22-20(28)18(26)17(25(30,31)32)19(27)21(22)29)39-13-8-6-7-12(11-13)33-24(38)34-14-9-4-5-10-15(14)37-2/h4-11,16H,3H2,1-2H3,(H,35,36)(H2,33,34,38). The molecule has 1 unspecified atom stereocenters. The number of ether oxygens (including phenoxy) is 1. The van der Waals surface area contributed by atoms with E-state index in [-0.39, 0.29) is 11.5 Å². The van der Waals surface area contributed by atoms with E-state index in [1.807, 2.05) is 0 Å². The monoisotopic (exact) mass is 591 g/mol. The Kier molecular flexibility index (Phi) is 9.67. The van der Waals surface area contributed by atoms with Crippen molar-refractivity contribution in [2.45, 2.75) is 29.7 Å². The van der Waals surface area contributed by atoms with Crippen LogP contribution in [0.3, 0.4) is 0 Å². The molecule has 5 nitrogen and oxygen atoms in total. The normalized spacial score (nSPS) is 12.0. The topological polar surface area (TPSA) is 62.4 Å². The van der Waals surface area contributed by atoms with Gasteiger partial charge < -0.3 is 20.7 Å². The van der Waals surface area contributed by atoms with Crippen molar-refractivity contribution in [1.29, 1.82) is 0 Å². The zero-order valence-corrected chi connectivity index (χ0v) is 21.8. The van der Waals surface area contributed by atoms with Crippen molar-refractivity contribution in [2.24, 2.45) is 0 Å². The third-order valence-electron chi connectivity index (χ3n) is 5.18. The van der Waals surface area contributed by atoms with Gasteiger partial charge in [0, 0.05) is 10.6 Å². The molecule has 3 rings (SSSR count). The van der Waals surface area contributed by atoms with Crippen LogP contribution in [0.2, 0.25) is 0 Å². The number of thioether (sulfide) groups is 1. The van der Waals surface area contributed by atoms with Gasteiger partial charge in [-0.25, -0.2) is 17.6 Å². The number of para-hydroxylation sites is 2. The van der Waals surface area contributed by atoms with Crippen LogP contribution in [0.5, 0.6) is 5.75 Å². The third-order valence-corrected chi connectivity index (χ3v) is 6.75. The second-order valence-corrected chi connectivity index (χ2v) is 9.50.